The molecule has 1 unspecified atom stereocenters. The summed E-state index contributed by atoms with van der Waals surface area (Å²) < 4.78 is 16.9. The topological polar surface area (TPSA) is 78.9 Å². The van der Waals surface area contributed by atoms with E-state index in [0.717, 1.165) is 77.0 Å². The van der Waals surface area contributed by atoms with Crippen LogP contribution in [0.3, 0.4) is 0 Å². The maximum absolute atomic E-state index is 12.9. The molecule has 6 nitrogen and oxygen atoms in total. The molecule has 0 aliphatic heterocycles. The number of hydrogen-bond donors (Lipinski definition) is 0. The zero-order valence-electron chi connectivity index (χ0n) is 53.1. The largest absolute Gasteiger partial charge is 0.462 e. The van der Waals surface area contributed by atoms with Crippen molar-refractivity contribution in [2.24, 2.45) is 0 Å². The van der Waals surface area contributed by atoms with Crippen molar-refractivity contribution < 1.29 is 28.6 Å². The van der Waals surface area contributed by atoms with Crippen LogP contribution < -0.4 is 0 Å². The minimum atomic E-state index is -0.815. The zero-order valence-corrected chi connectivity index (χ0v) is 53.1. The van der Waals surface area contributed by atoms with E-state index in [1.54, 1.807) is 0 Å². The molecule has 80 heavy (non-hydrogen) atoms. The van der Waals surface area contributed by atoms with Crippen LogP contribution in [0.1, 0.15) is 348 Å². The molecule has 0 aliphatic carbocycles. The van der Waals surface area contributed by atoms with Gasteiger partial charge in [0.15, 0.2) is 6.10 Å². The van der Waals surface area contributed by atoms with Gasteiger partial charge in [-0.2, -0.15) is 0 Å². The fourth-order valence-corrected chi connectivity index (χ4v) is 10.0. The Labute approximate surface area is 496 Å². The highest BCUT2D eigenvalue weighted by Gasteiger charge is 2.19. The molecule has 0 bridgehead atoms. The predicted molar refractivity (Wildman–Crippen MR) is 348 cm³/mol. The molecule has 0 spiro atoms. The van der Waals surface area contributed by atoms with Gasteiger partial charge in [0.05, 0.1) is 6.42 Å². The smallest absolute Gasteiger partial charge is 0.309 e. The van der Waals surface area contributed by atoms with E-state index >= 15 is 0 Å². The van der Waals surface area contributed by atoms with Gasteiger partial charge in [-0.1, -0.05) is 337 Å². The number of esters is 3. The van der Waals surface area contributed by atoms with Gasteiger partial charge >= 0.3 is 17.9 Å². The van der Waals surface area contributed by atoms with Gasteiger partial charge < -0.3 is 14.2 Å². The van der Waals surface area contributed by atoms with Crippen molar-refractivity contribution >= 4 is 17.9 Å². The van der Waals surface area contributed by atoms with Crippen LogP contribution in [0, 0.1) is 0 Å². The number of allylic oxidation sites excluding steroid dienone is 13. The highest BCUT2D eigenvalue weighted by Crippen LogP contribution is 2.18. The van der Waals surface area contributed by atoms with Gasteiger partial charge in [-0.15, -0.1) is 0 Å². The molecule has 0 aromatic carbocycles. The molecule has 1 atom stereocenters. The lowest BCUT2D eigenvalue weighted by atomic mass is 10.0. The first-order chi connectivity index (χ1) is 39.5. The monoisotopic (exact) mass is 1110 g/mol. The molecule has 0 aliphatic rings. The van der Waals surface area contributed by atoms with Gasteiger partial charge in [0.25, 0.3) is 0 Å². The number of carbonyl (C=O) groups excluding carboxylic acids is 3. The van der Waals surface area contributed by atoms with Crippen LogP contribution in [-0.2, 0) is 28.6 Å². The molecule has 0 N–H and O–H groups in total. The summed E-state index contributed by atoms with van der Waals surface area (Å²) in [5, 5.41) is 0. The van der Waals surface area contributed by atoms with Crippen LogP contribution >= 0.6 is 0 Å². The van der Waals surface area contributed by atoms with Crippen molar-refractivity contribution in [3.63, 3.8) is 0 Å². The summed E-state index contributed by atoms with van der Waals surface area (Å²) >= 11 is 0. The van der Waals surface area contributed by atoms with Crippen molar-refractivity contribution in [2.45, 2.75) is 354 Å². The van der Waals surface area contributed by atoms with Gasteiger partial charge in [-0.25, -0.2) is 0 Å². The Bertz CT molecular complexity index is 1520. The third kappa shape index (κ3) is 65.4. The van der Waals surface area contributed by atoms with Crippen molar-refractivity contribution in [2.75, 3.05) is 13.2 Å². The number of hydrogen-bond acceptors (Lipinski definition) is 6. The number of carbonyl (C=O) groups is 3. The van der Waals surface area contributed by atoms with Crippen molar-refractivity contribution in [3.8, 4) is 0 Å². The Morgan fingerprint density at radius 3 is 0.875 bits per heavy atom. The minimum Gasteiger partial charge on any atom is -0.462 e. The SMILES string of the molecule is CC/C=C\C/C=C\C/C=C\C/C=C\C/C=C\CC(=O)OCC(COC(=O)CCCCCCCCCCCCCCCCCCC/C=C\C/C=C\CCCCCCC)OC(=O)CCCCCCCCCCCCCCCCCCCC. The van der Waals surface area contributed by atoms with E-state index in [9.17, 15) is 14.4 Å². The summed E-state index contributed by atoms with van der Waals surface area (Å²) in [6.07, 6.45) is 90.7. The van der Waals surface area contributed by atoms with E-state index in [-0.39, 0.29) is 31.6 Å². The Morgan fingerprint density at radius 1 is 0.275 bits per heavy atom. The zero-order chi connectivity index (χ0) is 57.8. The fourth-order valence-electron chi connectivity index (χ4n) is 10.0. The van der Waals surface area contributed by atoms with Crippen LogP contribution in [0.5, 0.6) is 0 Å². The number of ether oxygens (including phenoxy) is 3. The van der Waals surface area contributed by atoms with Crippen LogP contribution in [0.25, 0.3) is 0 Å². The maximum Gasteiger partial charge on any atom is 0.309 e. The summed E-state index contributed by atoms with van der Waals surface area (Å²) in [6.45, 7) is 6.48. The molecular formula is C74H130O6. The van der Waals surface area contributed by atoms with Gasteiger partial charge in [0.2, 0.25) is 0 Å². The standard InChI is InChI=1S/C74H130O6/c1-4-7-10-13-16-19-22-25-28-30-32-33-34-35-36-37-38-39-40-41-42-44-46-49-52-55-58-61-64-67-73(76)79-70-71(69-78-72(75)66-63-60-57-54-51-48-45-27-24-21-18-15-12-9-6-3)80-74(77)68-65-62-59-56-53-50-47-43-31-29-26-23-20-17-14-11-8-5-2/h9,12,18,21-22,25,27,30,32,45,51,54,60,63,71H,4-8,10-11,13-17,19-20,23-24,26,28-29,31,33-44,46-50,52-53,55-59,61-62,64-70H2,1-3H3/b12-9-,21-18-,25-22-,32-30-,45-27-,54-51-,63-60-. The Kier molecular flexibility index (Phi) is 65.2. The molecule has 0 rings (SSSR count). The summed E-state index contributed by atoms with van der Waals surface area (Å²) in [7, 11) is 0. The molecule has 6 heteroatoms. The molecule has 0 aromatic rings. The van der Waals surface area contributed by atoms with Gasteiger partial charge in [0.1, 0.15) is 13.2 Å². The maximum atomic E-state index is 12.9. The number of rotatable bonds is 63. The van der Waals surface area contributed by atoms with E-state index in [4.69, 9.17) is 14.2 Å². The Morgan fingerprint density at radius 2 is 0.537 bits per heavy atom. The van der Waals surface area contributed by atoms with E-state index in [2.05, 4.69) is 93.7 Å². The summed E-state index contributed by atoms with van der Waals surface area (Å²) in [6, 6.07) is 0. The second kappa shape index (κ2) is 68.1. The van der Waals surface area contributed by atoms with E-state index in [1.807, 2.05) is 12.2 Å². The predicted octanol–water partition coefficient (Wildman–Crippen LogP) is 23.8. The van der Waals surface area contributed by atoms with E-state index in [0.29, 0.717) is 12.8 Å². The van der Waals surface area contributed by atoms with Gasteiger partial charge in [-0.05, 0) is 77.0 Å². The first-order valence-corrected chi connectivity index (χ1v) is 34.6. The van der Waals surface area contributed by atoms with Crippen LogP contribution in [-0.4, -0.2) is 37.2 Å². The molecule has 0 saturated heterocycles. The molecule has 0 amide bonds. The molecule has 0 heterocycles. The van der Waals surface area contributed by atoms with Crippen molar-refractivity contribution in [3.05, 3.63) is 85.1 Å². The van der Waals surface area contributed by atoms with Gasteiger partial charge in [-0.3, -0.25) is 14.4 Å². The quantitative estimate of drug-likeness (QED) is 0.0261. The molecule has 0 radical (unpaired) electrons. The highest BCUT2D eigenvalue weighted by molar-refractivity contribution is 5.72. The molecule has 462 valence electrons. The highest BCUT2D eigenvalue weighted by atomic mass is 16.6. The lowest BCUT2D eigenvalue weighted by Gasteiger charge is -2.18. The normalized spacial score (nSPS) is 12.6. The molecule has 0 fully saturated rings. The lowest BCUT2D eigenvalue weighted by molar-refractivity contribution is -0.166. The van der Waals surface area contributed by atoms with Crippen molar-refractivity contribution in [1.29, 1.82) is 0 Å². The first kappa shape index (κ1) is 76.6. The second-order valence-corrected chi connectivity index (χ2v) is 23.1. The summed E-state index contributed by atoms with van der Waals surface area (Å²) in [5.74, 6) is -1.02. The average Bonchev–Trinajstić information content (AvgIpc) is 3.46. The Balaban J connectivity index is 4.29. The third-order valence-corrected chi connectivity index (χ3v) is 15.2. The van der Waals surface area contributed by atoms with Gasteiger partial charge in [0, 0.05) is 12.8 Å². The second-order valence-electron chi connectivity index (χ2n) is 23.1. The minimum absolute atomic E-state index is 0.102. The van der Waals surface area contributed by atoms with E-state index < -0.39 is 12.1 Å². The van der Waals surface area contributed by atoms with Crippen LogP contribution in [0.2, 0.25) is 0 Å². The van der Waals surface area contributed by atoms with Crippen LogP contribution in [0.15, 0.2) is 85.1 Å². The lowest BCUT2D eigenvalue weighted by Crippen LogP contribution is -2.30. The molecule has 0 aromatic heterocycles. The number of unbranched alkanes of at least 4 members (excludes halogenated alkanes) is 39. The van der Waals surface area contributed by atoms with E-state index in [1.165, 1.54) is 231 Å². The fraction of sp³-hybridized carbons (Fsp3) is 0.770. The average molecular weight is 1120 g/mol. The first-order valence-electron chi connectivity index (χ1n) is 34.6. The summed E-state index contributed by atoms with van der Waals surface area (Å²) in [5.41, 5.74) is 0. The third-order valence-electron chi connectivity index (χ3n) is 15.2. The van der Waals surface area contributed by atoms with Crippen LogP contribution in [0.4, 0.5) is 0 Å². The molecule has 0 saturated carbocycles. The summed E-state index contributed by atoms with van der Waals surface area (Å²) in [4.78, 5) is 38.3. The van der Waals surface area contributed by atoms with Crippen molar-refractivity contribution in [1.82, 2.24) is 0 Å². The molecular weight excluding hydrogens is 985 g/mol. The Hall–Kier alpha value is -3.41.